The molecule has 4 aliphatic carbocycles. The second kappa shape index (κ2) is 8.38. The molecule has 5 rings (SSSR count). The number of nitrogens with zero attached hydrogens (tertiary/aromatic N) is 2. The van der Waals surface area contributed by atoms with Gasteiger partial charge < -0.3 is 5.32 Å². The molecule has 1 heterocycles. The normalized spacial score (nSPS) is 30.9. The lowest BCUT2D eigenvalue weighted by atomic mass is 9.49. The van der Waals surface area contributed by atoms with E-state index in [1.807, 2.05) is 13.8 Å². The molecule has 0 saturated heterocycles. The van der Waals surface area contributed by atoms with E-state index in [0.29, 0.717) is 22.9 Å². The summed E-state index contributed by atoms with van der Waals surface area (Å²) in [6.07, 6.45) is 8.68. The maximum atomic E-state index is 13.4. The minimum Gasteiger partial charge on any atom is -0.344 e. The molecule has 0 unspecified atom stereocenters. The molecule has 8 heteroatoms. The predicted molar refractivity (Wildman–Crippen MR) is 117 cm³/mol. The molecule has 1 aromatic heterocycles. The molecule has 0 aromatic carbocycles. The van der Waals surface area contributed by atoms with Crippen molar-refractivity contribution in [1.82, 2.24) is 15.5 Å². The summed E-state index contributed by atoms with van der Waals surface area (Å²) in [5.41, 5.74) is -0.251. The van der Waals surface area contributed by atoms with Crippen molar-refractivity contribution in [2.75, 3.05) is 11.1 Å². The summed E-state index contributed by atoms with van der Waals surface area (Å²) >= 11 is 2.88. The molecule has 0 aliphatic heterocycles. The molecule has 2 amide bonds. The maximum Gasteiger partial charge on any atom is 0.249 e. The number of aromatic nitrogens is 2. The molecular formula is C21H30N4O2S2. The third-order valence-corrected chi connectivity index (χ3v) is 8.68. The van der Waals surface area contributed by atoms with Crippen LogP contribution in [0, 0.1) is 29.1 Å². The second-order valence-electron chi connectivity index (χ2n) is 9.36. The van der Waals surface area contributed by atoms with Crippen LogP contribution in [0.5, 0.6) is 0 Å². The topological polar surface area (TPSA) is 84.0 Å². The minimum atomic E-state index is -0.566. The van der Waals surface area contributed by atoms with Crippen LogP contribution in [0.2, 0.25) is 0 Å². The first-order valence-electron chi connectivity index (χ1n) is 10.6. The second-order valence-corrected chi connectivity index (χ2v) is 11.6. The summed E-state index contributed by atoms with van der Waals surface area (Å²) in [6, 6.07) is -0.566. The van der Waals surface area contributed by atoms with Gasteiger partial charge in [0, 0.05) is 11.2 Å². The van der Waals surface area contributed by atoms with E-state index in [0.717, 1.165) is 29.4 Å². The van der Waals surface area contributed by atoms with Gasteiger partial charge in [-0.25, -0.2) is 0 Å². The van der Waals surface area contributed by atoms with E-state index in [1.54, 1.807) is 6.08 Å². The SMILES string of the molecule is C=CCSc1nnc(NC(=O)[C@H](NC(=O)C23CC4CC(CC(C4)C2)C3)C(C)C)s1. The molecule has 4 saturated carbocycles. The van der Waals surface area contributed by atoms with Crippen molar-refractivity contribution in [1.29, 1.82) is 0 Å². The van der Waals surface area contributed by atoms with Crippen molar-refractivity contribution in [3.63, 3.8) is 0 Å². The number of amides is 2. The number of rotatable bonds is 8. The van der Waals surface area contributed by atoms with Crippen molar-refractivity contribution in [2.24, 2.45) is 29.1 Å². The number of carbonyl (C=O) groups is 2. The average Bonchev–Trinajstić information content (AvgIpc) is 3.09. The quantitative estimate of drug-likeness (QED) is 0.365. The average molecular weight is 435 g/mol. The van der Waals surface area contributed by atoms with E-state index in [4.69, 9.17) is 0 Å². The molecular weight excluding hydrogens is 404 g/mol. The summed E-state index contributed by atoms with van der Waals surface area (Å²) in [7, 11) is 0. The van der Waals surface area contributed by atoms with Gasteiger partial charge in [0.2, 0.25) is 16.9 Å². The van der Waals surface area contributed by atoms with Crippen molar-refractivity contribution in [3.8, 4) is 0 Å². The zero-order chi connectivity index (χ0) is 20.6. The van der Waals surface area contributed by atoms with E-state index < -0.39 is 6.04 Å². The lowest BCUT2D eigenvalue weighted by molar-refractivity contribution is -0.148. The predicted octanol–water partition coefficient (Wildman–Crippen LogP) is 4.11. The van der Waals surface area contributed by atoms with Crippen molar-refractivity contribution in [3.05, 3.63) is 12.7 Å². The smallest absolute Gasteiger partial charge is 0.249 e. The van der Waals surface area contributed by atoms with Crippen molar-refractivity contribution >= 4 is 40.0 Å². The van der Waals surface area contributed by atoms with Gasteiger partial charge in [-0.2, -0.15) is 0 Å². The fourth-order valence-corrected chi connectivity index (χ4v) is 7.37. The van der Waals surface area contributed by atoms with Crippen LogP contribution in [0.1, 0.15) is 52.4 Å². The minimum absolute atomic E-state index is 0.00426. The third-order valence-electron chi connectivity index (χ3n) is 6.72. The summed E-state index contributed by atoms with van der Waals surface area (Å²) in [5.74, 6) is 2.72. The molecule has 158 valence electrons. The van der Waals surface area contributed by atoms with Gasteiger partial charge in [0.05, 0.1) is 0 Å². The highest BCUT2D eigenvalue weighted by atomic mass is 32.2. The molecule has 0 radical (unpaired) electrons. The lowest BCUT2D eigenvalue weighted by Gasteiger charge is -2.55. The molecule has 4 fully saturated rings. The molecule has 1 aromatic rings. The van der Waals surface area contributed by atoms with Crippen LogP contribution in [0.3, 0.4) is 0 Å². The first kappa shape index (κ1) is 20.8. The summed E-state index contributed by atoms with van der Waals surface area (Å²) in [5, 5.41) is 14.6. The van der Waals surface area contributed by atoms with Gasteiger partial charge in [0.1, 0.15) is 6.04 Å². The van der Waals surface area contributed by atoms with Crippen LogP contribution in [-0.2, 0) is 9.59 Å². The highest BCUT2D eigenvalue weighted by Gasteiger charge is 2.55. The Labute approximate surface area is 180 Å². The standard InChI is InChI=1S/C21H30N4O2S2/c1-4-5-28-20-25-24-19(29-20)23-17(26)16(12(2)3)22-18(27)21-9-13-6-14(10-21)8-15(7-13)11-21/h4,12-16H,1,5-11H2,2-3H3,(H,22,27)(H,23,24,26)/t13?,14?,15?,16-,21?/m1/s1. The van der Waals surface area contributed by atoms with Crippen LogP contribution in [-0.4, -0.2) is 33.8 Å². The van der Waals surface area contributed by atoms with Crippen LogP contribution in [0.15, 0.2) is 17.0 Å². The number of nitrogens with one attached hydrogen (secondary N) is 2. The van der Waals surface area contributed by atoms with Gasteiger partial charge in [0.25, 0.3) is 0 Å². The molecule has 1 atom stereocenters. The molecule has 4 aliphatic rings. The molecule has 0 spiro atoms. The number of anilines is 1. The Morgan fingerprint density at radius 1 is 1.21 bits per heavy atom. The first-order chi connectivity index (χ1) is 13.9. The van der Waals surface area contributed by atoms with Gasteiger partial charge in [0.15, 0.2) is 4.34 Å². The highest BCUT2D eigenvalue weighted by Crippen LogP contribution is 2.60. The number of hydrogen-bond donors (Lipinski definition) is 2. The highest BCUT2D eigenvalue weighted by molar-refractivity contribution is 8.01. The summed E-state index contributed by atoms with van der Waals surface area (Å²) in [6.45, 7) is 7.63. The van der Waals surface area contributed by atoms with E-state index in [9.17, 15) is 9.59 Å². The van der Waals surface area contributed by atoms with Gasteiger partial charge in [-0.15, -0.1) is 16.8 Å². The Morgan fingerprint density at radius 2 is 1.83 bits per heavy atom. The Bertz CT molecular complexity index is 756. The summed E-state index contributed by atoms with van der Waals surface area (Å²) in [4.78, 5) is 26.3. The number of thioether (sulfide) groups is 1. The molecule has 29 heavy (non-hydrogen) atoms. The van der Waals surface area contributed by atoms with Gasteiger partial charge in [-0.05, 0) is 62.2 Å². The van der Waals surface area contributed by atoms with Crippen LogP contribution in [0.4, 0.5) is 5.13 Å². The Morgan fingerprint density at radius 3 is 2.38 bits per heavy atom. The largest absolute Gasteiger partial charge is 0.344 e. The van der Waals surface area contributed by atoms with E-state index in [2.05, 4.69) is 27.4 Å². The van der Waals surface area contributed by atoms with Crippen molar-refractivity contribution in [2.45, 2.75) is 62.8 Å². The van der Waals surface area contributed by atoms with Crippen LogP contribution in [0.25, 0.3) is 0 Å². The van der Waals surface area contributed by atoms with Gasteiger partial charge in [-0.1, -0.05) is 43.0 Å². The number of carbonyl (C=O) groups excluding carboxylic acids is 2. The monoisotopic (exact) mass is 434 g/mol. The maximum absolute atomic E-state index is 13.4. The zero-order valence-corrected chi connectivity index (χ0v) is 18.8. The van der Waals surface area contributed by atoms with E-state index in [-0.39, 0.29) is 23.1 Å². The molecule has 4 bridgehead atoms. The Kier molecular flexibility index (Phi) is 6.02. The molecule has 2 N–H and O–H groups in total. The Hall–Kier alpha value is -1.41. The molecule has 6 nitrogen and oxygen atoms in total. The van der Waals surface area contributed by atoms with Crippen molar-refractivity contribution < 1.29 is 9.59 Å². The van der Waals surface area contributed by atoms with Gasteiger partial charge >= 0.3 is 0 Å². The fourth-order valence-electron chi connectivity index (χ4n) is 5.85. The zero-order valence-electron chi connectivity index (χ0n) is 17.1. The van der Waals surface area contributed by atoms with E-state index in [1.165, 1.54) is 42.4 Å². The lowest BCUT2D eigenvalue weighted by Crippen LogP contribution is -2.57. The fraction of sp³-hybridized carbons (Fsp3) is 0.714. The summed E-state index contributed by atoms with van der Waals surface area (Å²) < 4.78 is 0.791. The van der Waals surface area contributed by atoms with Crippen LogP contribution < -0.4 is 10.6 Å². The van der Waals surface area contributed by atoms with Gasteiger partial charge in [-0.3, -0.25) is 14.9 Å². The number of hydrogen-bond acceptors (Lipinski definition) is 6. The van der Waals surface area contributed by atoms with E-state index >= 15 is 0 Å². The third kappa shape index (κ3) is 4.38. The first-order valence-corrected chi connectivity index (χ1v) is 12.4. The Balaban J connectivity index is 1.41. The van der Waals surface area contributed by atoms with Crippen LogP contribution >= 0.6 is 23.1 Å².